The van der Waals surface area contributed by atoms with Crippen molar-refractivity contribution < 1.29 is 0 Å². The normalized spacial score (nSPS) is 15.6. The highest BCUT2D eigenvalue weighted by Gasteiger charge is 2.25. The minimum absolute atomic E-state index is 0.501. The van der Waals surface area contributed by atoms with Gasteiger partial charge in [-0.15, -0.1) is 0 Å². The Morgan fingerprint density at radius 1 is 0.962 bits per heavy atom. The van der Waals surface area contributed by atoms with Crippen LogP contribution in [0.2, 0.25) is 15.1 Å². The third-order valence-corrected chi connectivity index (χ3v) is 5.46. The zero-order valence-corrected chi connectivity index (χ0v) is 16.4. The molecule has 2 aromatic heterocycles. The van der Waals surface area contributed by atoms with E-state index in [-0.39, 0.29) is 0 Å². The summed E-state index contributed by atoms with van der Waals surface area (Å²) < 4.78 is 0. The highest BCUT2D eigenvalue weighted by molar-refractivity contribution is 6.40. The van der Waals surface area contributed by atoms with Gasteiger partial charge in [-0.2, -0.15) is 0 Å². The molecule has 26 heavy (non-hydrogen) atoms. The van der Waals surface area contributed by atoms with E-state index < -0.39 is 0 Å². The van der Waals surface area contributed by atoms with Gasteiger partial charge in [0.1, 0.15) is 11.3 Å². The molecule has 0 amide bonds. The molecule has 1 aliphatic heterocycles. The van der Waals surface area contributed by atoms with Gasteiger partial charge in [-0.3, -0.25) is 0 Å². The number of piperazine rings is 1. The van der Waals surface area contributed by atoms with E-state index in [9.17, 15) is 0 Å². The first-order valence-corrected chi connectivity index (χ1v) is 9.37. The minimum atomic E-state index is 0.501. The van der Waals surface area contributed by atoms with Crippen molar-refractivity contribution in [2.45, 2.75) is 0 Å². The number of aromatic nitrogens is 3. The largest absolute Gasteiger partial charge is 0.353 e. The quantitative estimate of drug-likeness (QED) is 0.629. The van der Waals surface area contributed by atoms with Crippen LogP contribution in [0, 0.1) is 0 Å². The summed E-state index contributed by atoms with van der Waals surface area (Å²) >= 11 is 19.3. The lowest BCUT2D eigenvalue weighted by molar-refractivity contribution is 0.312. The number of nitrogens with zero attached hydrogens (tertiary/aromatic N) is 5. The van der Waals surface area contributed by atoms with E-state index in [1.807, 2.05) is 6.07 Å². The van der Waals surface area contributed by atoms with Gasteiger partial charge in [0, 0.05) is 54.7 Å². The van der Waals surface area contributed by atoms with E-state index in [0.717, 1.165) is 43.1 Å². The van der Waals surface area contributed by atoms with Gasteiger partial charge in [0.15, 0.2) is 5.65 Å². The van der Waals surface area contributed by atoms with Crippen molar-refractivity contribution >= 4 is 51.8 Å². The number of benzene rings is 1. The van der Waals surface area contributed by atoms with Crippen LogP contribution in [0.5, 0.6) is 0 Å². The highest BCUT2D eigenvalue weighted by atomic mass is 35.5. The Morgan fingerprint density at radius 2 is 1.69 bits per heavy atom. The Balaban J connectivity index is 1.96. The first-order valence-electron chi connectivity index (χ1n) is 8.23. The number of hydrogen-bond donors (Lipinski definition) is 0. The molecule has 1 saturated heterocycles. The van der Waals surface area contributed by atoms with E-state index in [2.05, 4.69) is 26.8 Å². The molecule has 1 aromatic carbocycles. The van der Waals surface area contributed by atoms with Crippen LogP contribution >= 0.6 is 34.8 Å². The number of fused-ring (bicyclic) bond motifs is 1. The van der Waals surface area contributed by atoms with E-state index in [0.29, 0.717) is 26.2 Å². The number of rotatable bonds is 2. The van der Waals surface area contributed by atoms with E-state index >= 15 is 0 Å². The Hall–Kier alpha value is -1.66. The second-order valence-electron chi connectivity index (χ2n) is 6.27. The first-order chi connectivity index (χ1) is 12.5. The third kappa shape index (κ3) is 3.21. The third-order valence-electron chi connectivity index (χ3n) is 4.55. The molecule has 0 spiro atoms. The monoisotopic (exact) mass is 407 g/mol. The molecule has 134 valence electrons. The van der Waals surface area contributed by atoms with Gasteiger partial charge >= 0.3 is 0 Å². The molecule has 0 saturated carbocycles. The van der Waals surface area contributed by atoms with E-state index in [1.54, 1.807) is 24.5 Å². The topological polar surface area (TPSA) is 45.2 Å². The van der Waals surface area contributed by atoms with Gasteiger partial charge in [0.25, 0.3) is 0 Å². The maximum atomic E-state index is 6.77. The molecule has 0 atom stereocenters. The van der Waals surface area contributed by atoms with Crippen LogP contribution in [0.15, 0.2) is 30.6 Å². The van der Waals surface area contributed by atoms with Gasteiger partial charge in [-0.25, -0.2) is 15.0 Å². The number of anilines is 1. The molecule has 0 N–H and O–H groups in total. The standard InChI is InChI=1S/C18H16Cl3N5/c1-25-6-8-26(9-7-25)18-14(12-3-2-11(19)10-13(12)20)15(21)16-17(24-18)23-5-4-22-16/h2-5,10H,6-9H2,1H3. The van der Waals surface area contributed by atoms with Crippen LogP contribution in [0.1, 0.15) is 0 Å². The maximum absolute atomic E-state index is 6.77. The lowest BCUT2D eigenvalue weighted by atomic mass is 10.0. The average molecular weight is 409 g/mol. The van der Waals surface area contributed by atoms with Crippen molar-refractivity contribution in [1.29, 1.82) is 0 Å². The van der Waals surface area contributed by atoms with Crippen LogP contribution in [0.3, 0.4) is 0 Å². The summed E-state index contributed by atoms with van der Waals surface area (Å²) in [5.41, 5.74) is 2.65. The molecule has 3 aromatic rings. The summed E-state index contributed by atoms with van der Waals surface area (Å²) in [7, 11) is 2.11. The van der Waals surface area contributed by atoms with Crippen molar-refractivity contribution in [3.8, 4) is 11.1 Å². The molecule has 3 heterocycles. The summed E-state index contributed by atoms with van der Waals surface area (Å²) in [6, 6.07) is 5.38. The summed E-state index contributed by atoms with van der Waals surface area (Å²) in [5.74, 6) is 0.778. The first kappa shape index (κ1) is 17.7. The predicted molar refractivity (Wildman–Crippen MR) is 108 cm³/mol. The second kappa shape index (κ2) is 7.16. The molecule has 0 radical (unpaired) electrons. The molecular weight excluding hydrogens is 393 g/mol. The fourth-order valence-corrected chi connectivity index (χ4v) is 3.94. The summed E-state index contributed by atoms with van der Waals surface area (Å²) in [5, 5.41) is 1.60. The Bertz CT molecular complexity index is 970. The zero-order chi connectivity index (χ0) is 18.3. The van der Waals surface area contributed by atoms with Crippen LogP contribution in [-0.2, 0) is 0 Å². The lowest BCUT2D eigenvalue weighted by Crippen LogP contribution is -2.45. The van der Waals surface area contributed by atoms with Gasteiger partial charge in [0.05, 0.1) is 10.0 Å². The van der Waals surface area contributed by atoms with Crippen LogP contribution < -0.4 is 4.90 Å². The molecule has 0 unspecified atom stereocenters. The van der Waals surface area contributed by atoms with E-state index in [1.165, 1.54) is 0 Å². The van der Waals surface area contributed by atoms with Crippen molar-refractivity contribution in [2.75, 3.05) is 38.1 Å². The van der Waals surface area contributed by atoms with Gasteiger partial charge in [-0.05, 0) is 19.2 Å². The highest BCUT2D eigenvalue weighted by Crippen LogP contribution is 2.42. The number of hydrogen-bond acceptors (Lipinski definition) is 5. The number of pyridine rings is 1. The Labute approximate surface area is 166 Å². The average Bonchev–Trinajstić information content (AvgIpc) is 2.63. The fraction of sp³-hybridized carbons (Fsp3) is 0.278. The molecule has 8 heteroatoms. The summed E-state index contributed by atoms with van der Waals surface area (Å²) in [6.45, 7) is 3.60. The molecule has 0 bridgehead atoms. The summed E-state index contributed by atoms with van der Waals surface area (Å²) in [4.78, 5) is 18.0. The lowest BCUT2D eigenvalue weighted by Gasteiger charge is -2.34. The summed E-state index contributed by atoms with van der Waals surface area (Å²) in [6.07, 6.45) is 3.23. The van der Waals surface area contributed by atoms with Crippen LogP contribution in [-0.4, -0.2) is 53.1 Å². The van der Waals surface area contributed by atoms with Crippen LogP contribution in [0.25, 0.3) is 22.3 Å². The zero-order valence-electron chi connectivity index (χ0n) is 14.1. The van der Waals surface area contributed by atoms with Crippen molar-refractivity contribution in [1.82, 2.24) is 19.9 Å². The molecule has 1 aliphatic rings. The molecule has 0 aliphatic carbocycles. The SMILES string of the molecule is CN1CCN(c2nc3nccnc3c(Cl)c2-c2ccc(Cl)cc2Cl)CC1. The van der Waals surface area contributed by atoms with Crippen molar-refractivity contribution in [3.05, 3.63) is 45.7 Å². The van der Waals surface area contributed by atoms with Gasteiger partial charge < -0.3 is 9.80 Å². The van der Waals surface area contributed by atoms with Gasteiger partial charge in [-0.1, -0.05) is 40.9 Å². The number of halogens is 3. The Kier molecular flexibility index (Phi) is 4.88. The van der Waals surface area contributed by atoms with Crippen LogP contribution in [0.4, 0.5) is 5.82 Å². The molecule has 5 nitrogen and oxygen atoms in total. The van der Waals surface area contributed by atoms with Gasteiger partial charge in [0.2, 0.25) is 0 Å². The Morgan fingerprint density at radius 3 is 2.42 bits per heavy atom. The molecule has 4 rings (SSSR count). The fourth-order valence-electron chi connectivity index (χ4n) is 3.12. The second-order valence-corrected chi connectivity index (χ2v) is 7.49. The van der Waals surface area contributed by atoms with E-state index in [4.69, 9.17) is 39.8 Å². The number of likely N-dealkylation sites (N-methyl/N-ethyl adjacent to an activating group) is 1. The molecular formula is C18H16Cl3N5. The van der Waals surface area contributed by atoms with Crippen molar-refractivity contribution in [2.24, 2.45) is 0 Å². The minimum Gasteiger partial charge on any atom is -0.353 e. The predicted octanol–water partition coefficient (Wildman–Crippen LogP) is 4.40. The molecule has 1 fully saturated rings. The van der Waals surface area contributed by atoms with Crippen molar-refractivity contribution in [3.63, 3.8) is 0 Å². The smallest absolute Gasteiger partial charge is 0.181 e. The maximum Gasteiger partial charge on any atom is 0.181 e.